The van der Waals surface area contributed by atoms with Gasteiger partial charge in [-0.1, -0.05) is 0 Å². The average molecular weight is 319 g/mol. The fourth-order valence-electron chi connectivity index (χ4n) is 2.27. The van der Waals surface area contributed by atoms with Crippen molar-refractivity contribution in [2.75, 3.05) is 32.2 Å². The number of nitrogens with one attached hydrogen (secondary N) is 1. The highest BCUT2D eigenvalue weighted by Crippen LogP contribution is 2.32. The van der Waals surface area contributed by atoms with Crippen molar-refractivity contribution in [3.63, 3.8) is 0 Å². The van der Waals surface area contributed by atoms with Crippen molar-refractivity contribution in [1.29, 1.82) is 0 Å². The zero-order valence-corrected chi connectivity index (χ0v) is 12.7. The Morgan fingerprint density at radius 2 is 2.14 bits per heavy atom. The first-order valence-corrected chi connectivity index (χ1v) is 6.54. The first kappa shape index (κ1) is 17.7. The quantitative estimate of drug-likeness (QED) is 0.890. The van der Waals surface area contributed by atoms with Crippen LogP contribution in [0.15, 0.2) is 18.2 Å². The fourth-order valence-corrected chi connectivity index (χ4v) is 2.27. The summed E-state index contributed by atoms with van der Waals surface area (Å²) in [4.78, 5) is 12.4. The number of nitrogens with two attached hydrogens (primary N) is 1. The average Bonchev–Trinajstić information content (AvgIpc) is 2.50. The van der Waals surface area contributed by atoms with Crippen LogP contribution < -0.4 is 15.8 Å². The largest absolute Gasteiger partial charge is 0.497 e. The highest BCUT2D eigenvalue weighted by atomic mass is 35.5. The van der Waals surface area contributed by atoms with E-state index in [1.807, 2.05) is 0 Å². The van der Waals surface area contributed by atoms with Crippen molar-refractivity contribution in [1.82, 2.24) is 0 Å². The number of ether oxygens (including phenoxy) is 2. The zero-order chi connectivity index (χ0) is 14.6. The monoisotopic (exact) mass is 318 g/mol. The van der Waals surface area contributed by atoms with Crippen molar-refractivity contribution in [3.8, 4) is 5.75 Å². The number of carbonyl (C=O) groups excluding carboxylic acids is 1. The maximum absolute atomic E-state index is 13.7. The molecule has 0 spiro atoms. The Hall–Kier alpha value is -1.37. The Morgan fingerprint density at radius 1 is 1.48 bits per heavy atom. The van der Waals surface area contributed by atoms with Crippen LogP contribution in [-0.2, 0) is 9.53 Å². The maximum Gasteiger partial charge on any atom is 0.232 e. The molecule has 1 aromatic rings. The molecule has 0 saturated carbocycles. The van der Waals surface area contributed by atoms with Gasteiger partial charge in [0.15, 0.2) is 0 Å². The molecule has 0 atom stereocenters. The van der Waals surface area contributed by atoms with Crippen LogP contribution in [0, 0.1) is 11.2 Å². The normalized spacial score (nSPS) is 16.7. The summed E-state index contributed by atoms with van der Waals surface area (Å²) in [6.45, 7) is 1.20. The molecule has 1 fully saturated rings. The lowest BCUT2D eigenvalue weighted by molar-refractivity contribution is -0.130. The molecule has 1 heterocycles. The second-order valence-electron chi connectivity index (χ2n) is 4.90. The van der Waals surface area contributed by atoms with E-state index in [1.54, 1.807) is 0 Å². The molecule has 0 bridgehead atoms. The summed E-state index contributed by atoms with van der Waals surface area (Å²) in [7, 11) is 1.48. The van der Waals surface area contributed by atoms with E-state index in [0.717, 1.165) is 0 Å². The van der Waals surface area contributed by atoms with Crippen LogP contribution >= 0.6 is 12.4 Å². The molecule has 1 aromatic carbocycles. The molecule has 1 saturated heterocycles. The van der Waals surface area contributed by atoms with Gasteiger partial charge in [-0.15, -0.1) is 12.4 Å². The van der Waals surface area contributed by atoms with Gasteiger partial charge in [-0.25, -0.2) is 4.39 Å². The van der Waals surface area contributed by atoms with Gasteiger partial charge in [-0.05, 0) is 25.0 Å². The Labute approximate surface area is 129 Å². The number of halogens is 2. The van der Waals surface area contributed by atoms with Crippen LogP contribution in [0.5, 0.6) is 5.75 Å². The first-order valence-electron chi connectivity index (χ1n) is 6.54. The molecule has 2 rings (SSSR count). The summed E-state index contributed by atoms with van der Waals surface area (Å²) >= 11 is 0. The lowest BCUT2D eigenvalue weighted by atomic mass is 9.79. The standard InChI is InChI=1S/C14H19FN2O3.ClH/c1-19-10-2-3-11(15)12(8-10)17-13(18)14(9-16)4-6-20-7-5-14;/h2-3,8H,4-7,9,16H2,1H3,(H,17,18);1H. The Balaban J connectivity index is 0.00000220. The number of hydrogen-bond acceptors (Lipinski definition) is 4. The second-order valence-corrected chi connectivity index (χ2v) is 4.90. The number of rotatable bonds is 4. The smallest absolute Gasteiger partial charge is 0.232 e. The maximum atomic E-state index is 13.7. The minimum absolute atomic E-state index is 0. The molecule has 3 N–H and O–H groups in total. The number of benzene rings is 1. The van der Waals surface area contributed by atoms with E-state index in [0.29, 0.717) is 31.8 Å². The van der Waals surface area contributed by atoms with Gasteiger partial charge >= 0.3 is 0 Å². The Kier molecular flexibility index (Phi) is 6.39. The molecule has 7 heteroatoms. The van der Waals surface area contributed by atoms with Crippen LogP contribution in [0.2, 0.25) is 0 Å². The van der Waals surface area contributed by atoms with Crippen molar-refractivity contribution >= 4 is 24.0 Å². The highest BCUT2D eigenvalue weighted by Gasteiger charge is 2.39. The lowest BCUT2D eigenvalue weighted by Gasteiger charge is -2.34. The third kappa shape index (κ3) is 3.84. The fraction of sp³-hybridized carbons (Fsp3) is 0.500. The van der Waals surface area contributed by atoms with Gasteiger partial charge in [0.2, 0.25) is 5.91 Å². The predicted molar refractivity (Wildman–Crippen MR) is 80.4 cm³/mol. The van der Waals surface area contributed by atoms with E-state index in [2.05, 4.69) is 5.32 Å². The number of amides is 1. The van der Waals surface area contributed by atoms with Gasteiger partial charge in [0.1, 0.15) is 11.6 Å². The number of methoxy groups -OCH3 is 1. The van der Waals surface area contributed by atoms with Crippen LogP contribution in [0.25, 0.3) is 0 Å². The second kappa shape index (κ2) is 7.59. The van der Waals surface area contributed by atoms with Crippen LogP contribution in [0.4, 0.5) is 10.1 Å². The predicted octanol–water partition coefficient (Wildman–Crippen LogP) is 1.95. The molecular formula is C14H20ClFN2O3. The highest BCUT2D eigenvalue weighted by molar-refractivity contribution is 5.95. The molecule has 118 valence electrons. The molecule has 0 unspecified atom stereocenters. The topological polar surface area (TPSA) is 73.6 Å². The molecule has 0 aromatic heterocycles. The molecule has 1 amide bonds. The third-order valence-electron chi connectivity index (χ3n) is 3.74. The summed E-state index contributed by atoms with van der Waals surface area (Å²) in [5.41, 5.74) is 5.17. The van der Waals surface area contributed by atoms with E-state index >= 15 is 0 Å². The molecule has 21 heavy (non-hydrogen) atoms. The number of anilines is 1. The minimum Gasteiger partial charge on any atom is -0.497 e. The van der Waals surface area contributed by atoms with E-state index in [-0.39, 0.29) is 30.5 Å². The van der Waals surface area contributed by atoms with Gasteiger partial charge in [0.25, 0.3) is 0 Å². The van der Waals surface area contributed by atoms with Crippen molar-refractivity contribution in [3.05, 3.63) is 24.0 Å². The Bertz CT molecular complexity index is 493. The number of carbonyl (C=O) groups is 1. The van der Waals surface area contributed by atoms with Crippen molar-refractivity contribution in [2.24, 2.45) is 11.1 Å². The van der Waals surface area contributed by atoms with E-state index in [4.69, 9.17) is 15.2 Å². The number of hydrogen-bond donors (Lipinski definition) is 2. The zero-order valence-electron chi connectivity index (χ0n) is 11.9. The van der Waals surface area contributed by atoms with E-state index in [1.165, 1.54) is 25.3 Å². The SMILES string of the molecule is COc1ccc(F)c(NC(=O)C2(CN)CCOCC2)c1.Cl. The molecule has 0 radical (unpaired) electrons. The summed E-state index contributed by atoms with van der Waals surface area (Å²) in [6.07, 6.45) is 1.09. The van der Waals surface area contributed by atoms with Gasteiger partial charge in [-0.3, -0.25) is 4.79 Å². The molecular weight excluding hydrogens is 299 g/mol. The van der Waals surface area contributed by atoms with Crippen LogP contribution in [-0.4, -0.2) is 32.8 Å². The molecule has 1 aliphatic heterocycles. The van der Waals surface area contributed by atoms with Gasteiger partial charge < -0.3 is 20.5 Å². The van der Waals surface area contributed by atoms with Gasteiger partial charge in [-0.2, -0.15) is 0 Å². The Morgan fingerprint density at radius 3 is 2.71 bits per heavy atom. The molecule has 1 aliphatic rings. The van der Waals surface area contributed by atoms with Crippen LogP contribution in [0.3, 0.4) is 0 Å². The first-order chi connectivity index (χ1) is 9.61. The summed E-state index contributed by atoms with van der Waals surface area (Å²) in [5, 5.41) is 2.62. The molecule has 5 nitrogen and oxygen atoms in total. The van der Waals surface area contributed by atoms with E-state index in [9.17, 15) is 9.18 Å². The molecule has 0 aliphatic carbocycles. The summed E-state index contributed by atoms with van der Waals surface area (Å²) in [5.74, 6) is -0.288. The summed E-state index contributed by atoms with van der Waals surface area (Å²) in [6, 6.07) is 4.21. The third-order valence-corrected chi connectivity index (χ3v) is 3.74. The lowest BCUT2D eigenvalue weighted by Crippen LogP contribution is -2.46. The van der Waals surface area contributed by atoms with Gasteiger partial charge in [0.05, 0.1) is 18.2 Å². The van der Waals surface area contributed by atoms with E-state index < -0.39 is 11.2 Å². The minimum atomic E-state index is -0.687. The van der Waals surface area contributed by atoms with Crippen LogP contribution in [0.1, 0.15) is 12.8 Å². The van der Waals surface area contributed by atoms with Gasteiger partial charge in [0, 0.05) is 25.8 Å². The van der Waals surface area contributed by atoms with Crippen molar-refractivity contribution < 1.29 is 18.7 Å². The summed E-state index contributed by atoms with van der Waals surface area (Å²) < 4.78 is 24.0. The van der Waals surface area contributed by atoms with Crippen molar-refractivity contribution in [2.45, 2.75) is 12.8 Å².